The van der Waals surface area contributed by atoms with Gasteiger partial charge in [-0.05, 0) is 88.1 Å². The third-order valence-electron chi connectivity index (χ3n) is 8.90. The Kier molecular flexibility index (Phi) is 8.43. The minimum absolute atomic E-state index is 0.0584. The molecular formula is C36H38ClN5O5S. The van der Waals surface area contributed by atoms with Crippen LogP contribution in [-0.2, 0) is 21.3 Å². The van der Waals surface area contributed by atoms with Crippen molar-refractivity contribution in [3.05, 3.63) is 64.7 Å². The van der Waals surface area contributed by atoms with E-state index in [2.05, 4.69) is 0 Å². The van der Waals surface area contributed by atoms with Crippen LogP contribution in [0.25, 0.3) is 42.8 Å². The highest BCUT2D eigenvalue weighted by Gasteiger charge is 2.35. The second-order valence-electron chi connectivity index (χ2n) is 13.5. The Morgan fingerprint density at radius 1 is 1.15 bits per heavy atom. The fraction of sp³-hybridized carbons (Fsp3) is 0.389. The van der Waals surface area contributed by atoms with Gasteiger partial charge in [-0.2, -0.15) is 5.10 Å². The molecule has 48 heavy (non-hydrogen) atoms. The van der Waals surface area contributed by atoms with Gasteiger partial charge in [0.25, 0.3) is 0 Å². The van der Waals surface area contributed by atoms with Crippen molar-refractivity contribution in [3.8, 4) is 21.7 Å². The second-order valence-corrected chi connectivity index (χ2v) is 14.9. The number of rotatable bonds is 8. The average molecular weight is 688 g/mol. The van der Waals surface area contributed by atoms with Crippen LogP contribution in [0.4, 0.5) is 10.6 Å². The van der Waals surface area contributed by atoms with Gasteiger partial charge in [-0.15, -0.1) is 11.3 Å². The van der Waals surface area contributed by atoms with E-state index >= 15 is 0 Å². The Bertz CT molecular complexity index is 2040. The highest BCUT2D eigenvalue weighted by Crippen LogP contribution is 2.45. The summed E-state index contributed by atoms with van der Waals surface area (Å²) in [6.45, 7) is 9.98. The Hall–Kier alpha value is -4.03. The number of anilines is 1. The largest absolute Gasteiger partial charge is 0.479 e. The van der Waals surface area contributed by atoms with Crippen molar-refractivity contribution >= 4 is 61.9 Å². The number of carboxylic acids is 1. The van der Waals surface area contributed by atoms with E-state index in [4.69, 9.17) is 31.2 Å². The number of carboxylic acid groups (broad SMARTS) is 1. The summed E-state index contributed by atoms with van der Waals surface area (Å²) in [5.74, 6) is -0.438. The van der Waals surface area contributed by atoms with Crippen LogP contribution < -0.4 is 4.90 Å². The molecule has 4 heterocycles. The topological polar surface area (TPSA) is 110 Å². The van der Waals surface area contributed by atoms with Gasteiger partial charge in [-0.1, -0.05) is 23.7 Å². The lowest BCUT2D eigenvalue weighted by Crippen LogP contribution is -2.36. The summed E-state index contributed by atoms with van der Waals surface area (Å²) >= 11 is 7.76. The lowest BCUT2D eigenvalue weighted by Gasteiger charge is -2.28. The maximum absolute atomic E-state index is 13.5. The van der Waals surface area contributed by atoms with Gasteiger partial charge in [0.05, 0.1) is 27.4 Å². The standard InChI is InChI=1S/C36H38ClN5O5S/c1-20-17-26-31(29(21-8-11-23(37)12-9-21)28(20)30(34(43)44)47-36(2,3)4)48-33(38-26)22-10-13-27-25(18-22)32(39-40(27)5)42-15-14-41(35(42)45)19-24-7-6-16-46-24/h8-13,17-18,24,30H,6-7,14-16,19H2,1-5H3,(H,43,44)/t24?,30-/m0/s1. The minimum Gasteiger partial charge on any atom is -0.479 e. The Balaban J connectivity index is 1.33. The highest BCUT2D eigenvalue weighted by atomic mass is 35.5. The summed E-state index contributed by atoms with van der Waals surface area (Å²) in [5, 5.41) is 17.4. The quantitative estimate of drug-likeness (QED) is 0.177. The summed E-state index contributed by atoms with van der Waals surface area (Å²) in [6.07, 6.45) is 0.900. The molecule has 2 amide bonds. The summed E-state index contributed by atoms with van der Waals surface area (Å²) < 4.78 is 14.6. The van der Waals surface area contributed by atoms with Gasteiger partial charge in [0.2, 0.25) is 0 Å². The summed E-state index contributed by atoms with van der Waals surface area (Å²) in [4.78, 5) is 35.0. The average Bonchev–Trinajstić information content (AvgIpc) is 3.83. The van der Waals surface area contributed by atoms with Gasteiger partial charge in [-0.25, -0.2) is 14.6 Å². The number of benzene rings is 3. The first-order valence-electron chi connectivity index (χ1n) is 16.1. The summed E-state index contributed by atoms with van der Waals surface area (Å²) in [5.41, 5.74) is 4.79. The lowest BCUT2D eigenvalue weighted by molar-refractivity contribution is -0.160. The van der Waals surface area contributed by atoms with E-state index in [1.807, 2.05) is 76.0 Å². The van der Waals surface area contributed by atoms with Gasteiger partial charge in [-0.3, -0.25) is 9.58 Å². The first-order chi connectivity index (χ1) is 22.9. The third kappa shape index (κ3) is 6.04. The van der Waals surface area contributed by atoms with Crippen molar-refractivity contribution in [3.63, 3.8) is 0 Å². The first-order valence-corrected chi connectivity index (χ1v) is 17.3. The molecule has 250 valence electrons. The number of hydrogen-bond donors (Lipinski definition) is 1. The molecule has 10 nitrogen and oxygen atoms in total. The maximum Gasteiger partial charge on any atom is 0.337 e. The first kappa shape index (κ1) is 32.5. The number of aromatic nitrogens is 3. The molecule has 0 spiro atoms. The molecule has 2 aliphatic heterocycles. The molecule has 2 fully saturated rings. The molecule has 0 aliphatic carbocycles. The Morgan fingerprint density at radius 3 is 2.58 bits per heavy atom. The third-order valence-corrected chi connectivity index (χ3v) is 10.3. The minimum atomic E-state index is -1.20. The van der Waals surface area contributed by atoms with Crippen molar-refractivity contribution in [2.24, 2.45) is 7.05 Å². The number of carbonyl (C=O) groups excluding carboxylic acids is 1. The van der Waals surface area contributed by atoms with Crippen molar-refractivity contribution in [1.82, 2.24) is 19.7 Å². The SMILES string of the molecule is Cc1cc2nc(-c3ccc4c(c3)c(N3CCN(CC5CCCO5)C3=O)nn4C)sc2c(-c2ccc(Cl)cc2)c1[C@H](OC(C)(C)C)C(=O)O. The van der Waals surface area contributed by atoms with Crippen molar-refractivity contribution in [1.29, 1.82) is 0 Å². The fourth-order valence-electron chi connectivity index (χ4n) is 6.72. The van der Waals surface area contributed by atoms with E-state index in [0.29, 0.717) is 36.0 Å². The zero-order chi connectivity index (χ0) is 33.9. The zero-order valence-electron chi connectivity index (χ0n) is 27.6. The summed E-state index contributed by atoms with van der Waals surface area (Å²) in [7, 11) is 1.88. The predicted molar refractivity (Wildman–Crippen MR) is 189 cm³/mol. The maximum atomic E-state index is 13.5. The van der Waals surface area contributed by atoms with Crippen LogP contribution in [0.15, 0.2) is 48.5 Å². The Labute approximate surface area is 287 Å². The van der Waals surface area contributed by atoms with Crippen molar-refractivity contribution < 1.29 is 24.2 Å². The number of thiazole rings is 1. The number of amides is 2. The van der Waals surface area contributed by atoms with E-state index < -0.39 is 17.7 Å². The predicted octanol–water partition coefficient (Wildman–Crippen LogP) is 7.84. The van der Waals surface area contributed by atoms with Gasteiger partial charge < -0.3 is 19.5 Å². The van der Waals surface area contributed by atoms with Gasteiger partial charge in [0.15, 0.2) is 11.9 Å². The van der Waals surface area contributed by atoms with E-state index in [0.717, 1.165) is 67.8 Å². The van der Waals surface area contributed by atoms with Gasteiger partial charge in [0.1, 0.15) is 5.01 Å². The normalized spacial score (nSPS) is 17.7. The van der Waals surface area contributed by atoms with E-state index in [1.165, 1.54) is 11.3 Å². The Morgan fingerprint density at radius 2 is 1.90 bits per heavy atom. The molecular weight excluding hydrogens is 650 g/mol. The summed E-state index contributed by atoms with van der Waals surface area (Å²) in [6, 6.07) is 15.4. The molecule has 3 aromatic carbocycles. The number of nitrogens with zero attached hydrogens (tertiary/aromatic N) is 5. The van der Waals surface area contributed by atoms with Crippen LogP contribution in [-0.4, -0.2) is 74.7 Å². The molecule has 0 bridgehead atoms. The fourth-order valence-corrected chi connectivity index (χ4v) is 7.97. The van der Waals surface area contributed by atoms with Gasteiger partial charge in [0, 0.05) is 60.4 Å². The van der Waals surface area contributed by atoms with Crippen LogP contribution in [0.1, 0.15) is 50.8 Å². The zero-order valence-corrected chi connectivity index (χ0v) is 29.2. The molecule has 5 aromatic rings. The van der Waals surface area contributed by atoms with Crippen LogP contribution in [0.5, 0.6) is 0 Å². The van der Waals surface area contributed by atoms with E-state index in [9.17, 15) is 14.7 Å². The lowest BCUT2D eigenvalue weighted by atomic mass is 9.91. The molecule has 1 N–H and O–H groups in total. The molecule has 2 atom stereocenters. The number of carbonyl (C=O) groups is 2. The molecule has 2 saturated heterocycles. The van der Waals surface area contributed by atoms with Crippen LogP contribution in [0.3, 0.4) is 0 Å². The second kappa shape index (κ2) is 12.5. The number of ether oxygens (including phenoxy) is 2. The number of aryl methyl sites for hydroxylation is 2. The number of hydrogen-bond acceptors (Lipinski definition) is 7. The molecule has 7 rings (SSSR count). The number of urea groups is 1. The smallest absolute Gasteiger partial charge is 0.337 e. The molecule has 2 aromatic heterocycles. The highest BCUT2D eigenvalue weighted by molar-refractivity contribution is 7.22. The van der Waals surface area contributed by atoms with Gasteiger partial charge >= 0.3 is 12.0 Å². The van der Waals surface area contributed by atoms with Crippen molar-refractivity contribution in [2.75, 3.05) is 31.1 Å². The number of aliphatic carboxylic acids is 1. The van der Waals surface area contributed by atoms with Crippen molar-refractivity contribution in [2.45, 2.75) is 58.3 Å². The molecule has 0 saturated carbocycles. The molecule has 2 aliphatic rings. The number of halogens is 1. The monoisotopic (exact) mass is 687 g/mol. The van der Waals surface area contributed by atoms with E-state index in [-0.39, 0.29) is 12.1 Å². The number of fused-ring (bicyclic) bond motifs is 2. The molecule has 12 heteroatoms. The van der Waals surface area contributed by atoms with E-state index in [1.54, 1.807) is 21.7 Å². The van der Waals surface area contributed by atoms with Crippen LogP contribution >= 0.6 is 22.9 Å². The molecule has 0 radical (unpaired) electrons. The molecule has 1 unspecified atom stereocenters. The van der Waals surface area contributed by atoms with Crippen LogP contribution in [0.2, 0.25) is 5.02 Å². The van der Waals surface area contributed by atoms with Crippen LogP contribution in [0, 0.1) is 6.92 Å².